The van der Waals surface area contributed by atoms with Crippen LogP contribution in [0.3, 0.4) is 0 Å². The fourth-order valence-electron chi connectivity index (χ4n) is 2.16. The van der Waals surface area contributed by atoms with E-state index in [9.17, 15) is 5.11 Å². The molecule has 84 valence electrons. The third-order valence-electron chi connectivity index (χ3n) is 3.74. The number of aliphatic hydroxyl groups is 1. The first-order valence-corrected chi connectivity index (χ1v) is 5.93. The van der Waals surface area contributed by atoms with Gasteiger partial charge in [-0.3, -0.25) is 4.90 Å². The van der Waals surface area contributed by atoms with Gasteiger partial charge in [-0.25, -0.2) is 0 Å². The van der Waals surface area contributed by atoms with Crippen molar-refractivity contribution in [3.05, 3.63) is 0 Å². The topological polar surface area (TPSA) is 23.5 Å². The Morgan fingerprint density at radius 3 is 2.64 bits per heavy atom. The summed E-state index contributed by atoms with van der Waals surface area (Å²) in [6.45, 7) is 10.4. The molecule has 2 heteroatoms. The monoisotopic (exact) mass is 199 g/mol. The first-order valence-electron chi connectivity index (χ1n) is 5.93. The van der Waals surface area contributed by atoms with Gasteiger partial charge in [0.05, 0.1) is 5.60 Å². The van der Waals surface area contributed by atoms with E-state index in [4.69, 9.17) is 0 Å². The van der Waals surface area contributed by atoms with Crippen LogP contribution < -0.4 is 0 Å². The zero-order valence-corrected chi connectivity index (χ0v) is 10.1. The van der Waals surface area contributed by atoms with Crippen LogP contribution in [-0.2, 0) is 0 Å². The van der Waals surface area contributed by atoms with E-state index in [0.717, 1.165) is 6.54 Å². The Balaban J connectivity index is 2.50. The van der Waals surface area contributed by atoms with Gasteiger partial charge in [0.1, 0.15) is 0 Å². The smallest absolute Gasteiger partial charge is 0.0768 e. The molecule has 14 heavy (non-hydrogen) atoms. The average Bonchev–Trinajstić information content (AvgIpc) is 2.50. The summed E-state index contributed by atoms with van der Waals surface area (Å²) < 4.78 is 0. The van der Waals surface area contributed by atoms with Crippen molar-refractivity contribution in [2.45, 2.75) is 58.6 Å². The minimum absolute atomic E-state index is 0.334. The molecule has 0 aromatic rings. The van der Waals surface area contributed by atoms with Gasteiger partial charge in [0.25, 0.3) is 0 Å². The number of rotatable bonds is 4. The van der Waals surface area contributed by atoms with Crippen LogP contribution in [0.1, 0.15) is 47.0 Å². The summed E-state index contributed by atoms with van der Waals surface area (Å²) in [4.78, 5) is 2.46. The summed E-state index contributed by atoms with van der Waals surface area (Å²) in [6, 6.07) is 0.709. The fraction of sp³-hybridized carbons (Fsp3) is 1.00. The van der Waals surface area contributed by atoms with Gasteiger partial charge in [-0.1, -0.05) is 20.8 Å². The van der Waals surface area contributed by atoms with E-state index in [0.29, 0.717) is 12.0 Å². The summed E-state index contributed by atoms with van der Waals surface area (Å²) >= 11 is 0. The lowest BCUT2D eigenvalue weighted by Gasteiger charge is -2.35. The molecule has 0 aliphatic carbocycles. The van der Waals surface area contributed by atoms with Crippen LogP contribution in [0, 0.1) is 5.92 Å². The van der Waals surface area contributed by atoms with Gasteiger partial charge < -0.3 is 5.11 Å². The van der Waals surface area contributed by atoms with Crippen LogP contribution in [0.15, 0.2) is 0 Å². The van der Waals surface area contributed by atoms with Crippen LogP contribution in [0.25, 0.3) is 0 Å². The third-order valence-corrected chi connectivity index (χ3v) is 3.74. The summed E-state index contributed by atoms with van der Waals surface area (Å²) in [5.41, 5.74) is -0.530. The van der Waals surface area contributed by atoms with Crippen molar-refractivity contribution in [1.29, 1.82) is 0 Å². The molecule has 0 aromatic heterocycles. The summed E-state index contributed by atoms with van der Waals surface area (Å²) in [6.07, 6.45) is 3.82. The Morgan fingerprint density at radius 1 is 1.50 bits per heavy atom. The molecule has 2 atom stereocenters. The second-order valence-corrected chi connectivity index (χ2v) is 5.19. The van der Waals surface area contributed by atoms with Crippen LogP contribution in [0.2, 0.25) is 0 Å². The lowest BCUT2D eigenvalue weighted by atomic mass is 9.91. The normalized spacial score (nSPS) is 28.3. The zero-order valence-electron chi connectivity index (χ0n) is 10.1. The molecule has 0 aromatic carbocycles. The van der Waals surface area contributed by atoms with Crippen LogP contribution in [0.4, 0.5) is 0 Å². The summed E-state index contributed by atoms with van der Waals surface area (Å²) in [5, 5.41) is 10.2. The number of β-amino-alcohol motifs (C(OH)–C–C–N with tert-alkyl or cyclic N) is 1. The van der Waals surface area contributed by atoms with Crippen LogP contribution >= 0.6 is 0 Å². The molecule has 1 heterocycles. The summed E-state index contributed by atoms with van der Waals surface area (Å²) in [7, 11) is 0. The Kier molecular flexibility index (Phi) is 3.96. The lowest BCUT2D eigenvalue weighted by molar-refractivity contribution is -0.0220. The Morgan fingerprint density at radius 2 is 2.14 bits per heavy atom. The van der Waals surface area contributed by atoms with Crippen molar-refractivity contribution in [3.63, 3.8) is 0 Å². The zero-order chi connectivity index (χ0) is 10.8. The Bertz CT molecular complexity index is 177. The Hall–Kier alpha value is -0.0800. The van der Waals surface area contributed by atoms with E-state index < -0.39 is 5.60 Å². The van der Waals surface area contributed by atoms with Gasteiger partial charge in [-0.15, -0.1) is 0 Å². The maximum atomic E-state index is 10.2. The molecule has 1 rings (SSSR count). The molecule has 0 spiro atoms. The third kappa shape index (κ3) is 2.71. The number of hydrogen-bond acceptors (Lipinski definition) is 2. The standard InChI is InChI=1S/C12H25NO/c1-5-11-7-6-8-13(11)9-12(4,14)10(2)3/h10-11,14H,5-9H2,1-4H3. The molecule has 0 bridgehead atoms. The second kappa shape index (κ2) is 4.63. The van der Waals surface area contributed by atoms with E-state index in [-0.39, 0.29) is 0 Å². The molecule has 1 aliphatic rings. The highest BCUT2D eigenvalue weighted by molar-refractivity contribution is 4.86. The van der Waals surface area contributed by atoms with Crippen LogP contribution in [-0.4, -0.2) is 34.7 Å². The maximum absolute atomic E-state index is 10.2. The van der Waals surface area contributed by atoms with Gasteiger partial charge in [-0.05, 0) is 38.6 Å². The van der Waals surface area contributed by atoms with Crippen molar-refractivity contribution in [1.82, 2.24) is 4.90 Å². The van der Waals surface area contributed by atoms with Gasteiger partial charge in [0.2, 0.25) is 0 Å². The molecule has 2 unspecified atom stereocenters. The van der Waals surface area contributed by atoms with Gasteiger partial charge >= 0.3 is 0 Å². The highest BCUT2D eigenvalue weighted by Gasteiger charge is 2.32. The minimum atomic E-state index is -0.530. The molecule has 0 saturated carbocycles. The molecular formula is C12H25NO. The van der Waals surface area contributed by atoms with Crippen molar-refractivity contribution >= 4 is 0 Å². The second-order valence-electron chi connectivity index (χ2n) is 5.19. The predicted octanol–water partition coefficient (Wildman–Crippen LogP) is 2.27. The molecule has 1 saturated heterocycles. The first-order chi connectivity index (χ1) is 6.47. The lowest BCUT2D eigenvalue weighted by Crippen LogP contribution is -2.46. The first kappa shape index (κ1) is 12.0. The van der Waals surface area contributed by atoms with Crippen molar-refractivity contribution < 1.29 is 5.11 Å². The molecule has 1 N–H and O–H groups in total. The highest BCUT2D eigenvalue weighted by Crippen LogP contribution is 2.25. The highest BCUT2D eigenvalue weighted by atomic mass is 16.3. The van der Waals surface area contributed by atoms with Gasteiger partial charge in [-0.2, -0.15) is 0 Å². The molecule has 1 aliphatic heterocycles. The van der Waals surface area contributed by atoms with E-state index in [1.807, 2.05) is 6.92 Å². The van der Waals surface area contributed by atoms with Gasteiger partial charge in [0.15, 0.2) is 0 Å². The number of nitrogens with zero attached hydrogens (tertiary/aromatic N) is 1. The summed E-state index contributed by atoms with van der Waals surface area (Å²) in [5.74, 6) is 0.334. The van der Waals surface area contributed by atoms with E-state index >= 15 is 0 Å². The quantitative estimate of drug-likeness (QED) is 0.751. The van der Waals surface area contributed by atoms with Crippen molar-refractivity contribution in [3.8, 4) is 0 Å². The fourth-order valence-corrected chi connectivity index (χ4v) is 2.16. The van der Waals surface area contributed by atoms with Crippen LogP contribution in [0.5, 0.6) is 0 Å². The molecule has 2 nitrogen and oxygen atoms in total. The van der Waals surface area contributed by atoms with Crippen molar-refractivity contribution in [2.75, 3.05) is 13.1 Å². The Labute approximate surface area is 88.3 Å². The SMILES string of the molecule is CCC1CCCN1CC(C)(O)C(C)C. The molecule has 1 fully saturated rings. The van der Waals surface area contributed by atoms with Crippen molar-refractivity contribution in [2.24, 2.45) is 5.92 Å². The molecular weight excluding hydrogens is 174 g/mol. The average molecular weight is 199 g/mol. The van der Waals surface area contributed by atoms with E-state index in [2.05, 4.69) is 25.7 Å². The number of hydrogen-bond donors (Lipinski definition) is 1. The molecule has 0 amide bonds. The molecule has 0 radical (unpaired) electrons. The van der Waals surface area contributed by atoms with E-state index in [1.165, 1.54) is 25.8 Å². The maximum Gasteiger partial charge on any atom is 0.0768 e. The predicted molar refractivity (Wildman–Crippen MR) is 60.3 cm³/mol. The largest absolute Gasteiger partial charge is 0.389 e. The van der Waals surface area contributed by atoms with Gasteiger partial charge in [0, 0.05) is 12.6 Å². The minimum Gasteiger partial charge on any atom is -0.389 e. The van der Waals surface area contributed by atoms with E-state index in [1.54, 1.807) is 0 Å². The number of likely N-dealkylation sites (tertiary alicyclic amines) is 1.